The maximum atomic E-state index is 12.2. The number of aromatic nitrogens is 5. The summed E-state index contributed by atoms with van der Waals surface area (Å²) < 4.78 is 8.94. The van der Waals surface area contributed by atoms with Crippen molar-refractivity contribution in [2.75, 3.05) is 18.0 Å². The molecule has 9 heteroatoms. The van der Waals surface area contributed by atoms with Crippen LogP contribution in [-0.4, -0.2) is 37.8 Å². The van der Waals surface area contributed by atoms with E-state index in [0.717, 1.165) is 25.9 Å². The van der Waals surface area contributed by atoms with Gasteiger partial charge in [-0.1, -0.05) is 0 Å². The van der Waals surface area contributed by atoms with Crippen molar-refractivity contribution in [1.29, 1.82) is 0 Å². The van der Waals surface area contributed by atoms with Gasteiger partial charge in [0, 0.05) is 28.5 Å². The molecule has 0 spiro atoms. The number of H-pyrrole nitrogens is 1. The van der Waals surface area contributed by atoms with Crippen LogP contribution in [0.5, 0.6) is 11.8 Å². The van der Waals surface area contributed by atoms with Gasteiger partial charge in [-0.25, -0.2) is 0 Å². The number of rotatable bonds is 4. The van der Waals surface area contributed by atoms with Crippen molar-refractivity contribution in [2.24, 2.45) is 0 Å². The molecule has 152 valence electrons. The molecule has 0 unspecified atom stereocenters. The lowest BCUT2D eigenvalue weighted by Gasteiger charge is -2.34. The van der Waals surface area contributed by atoms with Crippen LogP contribution in [0.1, 0.15) is 18.9 Å². The number of aromatic amines is 1. The van der Waals surface area contributed by atoms with Gasteiger partial charge in [0.05, 0.1) is 35.5 Å². The van der Waals surface area contributed by atoms with Gasteiger partial charge in [-0.2, -0.15) is 10.1 Å². The van der Waals surface area contributed by atoms with Crippen LogP contribution in [0.15, 0.2) is 59.9 Å². The summed E-state index contributed by atoms with van der Waals surface area (Å²) in [6.07, 6.45) is 8.76. The van der Waals surface area contributed by atoms with Crippen molar-refractivity contribution in [3.63, 3.8) is 0 Å². The van der Waals surface area contributed by atoms with Gasteiger partial charge in [0.15, 0.2) is 5.75 Å². The molecule has 30 heavy (non-hydrogen) atoms. The fourth-order valence-corrected chi connectivity index (χ4v) is 4.12. The number of anilines is 1. The van der Waals surface area contributed by atoms with Crippen molar-refractivity contribution in [2.45, 2.75) is 18.9 Å². The average Bonchev–Trinajstić information content (AvgIpc) is 3.23. The molecular weight excluding hydrogens is 495 g/mol. The molecule has 8 nitrogen and oxygen atoms in total. The van der Waals surface area contributed by atoms with Crippen LogP contribution >= 0.6 is 22.6 Å². The van der Waals surface area contributed by atoms with Gasteiger partial charge < -0.3 is 9.64 Å². The summed E-state index contributed by atoms with van der Waals surface area (Å²) in [5.41, 5.74) is 1.46. The Morgan fingerprint density at radius 1 is 1.17 bits per heavy atom. The van der Waals surface area contributed by atoms with Crippen LogP contribution in [-0.2, 0) is 0 Å². The molecule has 0 aliphatic carbocycles. The van der Waals surface area contributed by atoms with Gasteiger partial charge in [-0.05, 0) is 65.8 Å². The first-order valence-electron chi connectivity index (χ1n) is 9.72. The molecule has 1 fully saturated rings. The predicted octanol–water partition coefficient (Wildman–Crippen LogP) is 3.75. The summed E-state index contributed by atoms with van der Waals surface area (Å²) in [6.45, 7) is 1.93. The van der Waals surface area contributed by atoms with Crippen LogP contribution in [0.3, 0.4) is 0 Å². The number of nitrogens with zero attached hydrogens (tertiary/aromatic N) is 5. The number of halogens is 1. The van der Waals surface area contributed by atoms with Gasteiger partial charge in [0.25, 0.3) is 5.56 Å². The first-order chi connectivity index (χ1) is 14.7. The van der Waals surface area contributed by atoms with E-state index < -0.39 is 0 Å². The van der Waals surface area contributed by atoms with Crippen molar-refractivity contribution in [1.82, 2.24) is 24.7 Å². The molecular formula is C21H19IN6O2. The Balaban J connectivity index is 1.33. The highest BCUT2D eigenvalue weighted by Gasteiger charge is 2.22. The minimum absolute atomic E-state index is 0.129. The highest BCUT2D eigenvalue weighted by Crippen LogP contribution is 2.28. The van der Waals surface area contributed by atoms with Crippen molar-refractivity contribution >= 4 is 39.2 Å². The fourth-order valence-electron chi connectivity index (χ4n) is 3.76. The van der Waals surface area contributed by atoms with Gasteiger partial charge in [-0.3, -0.25) is 19.4 Å². The molecule has 5 rings (SSSR count). The van der Waals surface area contributed by atoms with Crippen LogP contribution in [0.2, 0.25) is 0 Å². The second-order valence-electron chi connectivity index (χ2n) is 7.24. The van der Waals surface area contributed by atoms with Crippen LogP contribution in [0.4, 0.5) is 5.69 Å². The molecule has 0 saturated carbocycles. The first-order valence-corrected chi connectivity index (χ1v) is 10.8. The summed E-state index contributed by atoms with van der Waals surface area (Å²) in [7, 11) is 0. The molecule has 1 atom stereocenters. The zero-order valence-corrected chi connectivity index (χ0v) is 18.2. The number of hydrogen-bond acceptors (Lipinski definition) is 6. The highest BCUT2D eigenvalue weighted by atomic mass is 127. The van der Waals surface area contributed by atoms with Crippen molar-refractivity contribution in [3.8, 4) is 11.8 Å². The Morgan fingerprint density at radius 3 is 2.90 bits per heavy atom. The normalized spacial score (nSPS) is 16.7. The molecule has 4 heterocycles. The van der Waals surface area contributed by atoms with E-state index in [1.807, 2.05) is 10.9 Å². The maximum Gasteiger partial charge on any atom is 0.302 e. The summed E-state index contributed by atoms with van der Waals surface area (Å²) in [5, 5.41) is 4.97. The lowest BCUT2D eigenvalue weighted by Crippen LogP contribution is -2.36. The van der Waals surface area contributed by atoms with Crippen LogP contribution in [0, 0.1) is 3.57 Å². The first kappa shape index (κ1) is 19.0. The number of fused-ring (bicyclic) bond motifs is 1. The van der Waals surface area contributed by atoms with E-state index in [9.17, 15) is 4.79 Å². The Bertz CT molecular complexity index is 1240. The summed E-state index contributed by atoms with van der Waals surface area (Å²) in [6, 6.07) is 10.6. The molecule has 4 aromatic rings. The van der Waals surface area contributed by atoms with Gasteiger partial charge in [0.2, 0.25) is 0 Å². The molecule has 0 amide bonds. The zero-order valence-electron chi connectivity index (χ0n) is 16.0. The number of hydrogen-bond donors (Lipinski definition) is 1. The zero-order chi connectivity index (χ0) is 20.5. The van der Waals surface area contributed by atoms with Gasteiger partial charge >= 0.3 is 6.01 Å². The fraction of sp³-hybridized carbons (Fsp3) is 0.238. The number of pyridine rings is 1. The summed E-state index contributed by atoms with van der Waals surface area (Å²) in [4.78, 5) is 25.6. The van der Waals surface area contributed by atoms with E-state index in [1.54, 1.807) is 24.7 Å². The molecule has 1 N–H and O–H groups in total. The van der Waals surface area contributed by atoms with Gasteiger partial charge in [-0.15, -0.1) is 0 Å². The number of nitrogens with one attached hydrogen (secondary N) is 1. The molecule has 0 bridgehead atoms. The number of benzene rings is 1. The monoisotopic (exact) mass is 514 g/mol. The SMILES string of the molecule is O=c1[nH]c(Oc2cnn([C@@H]3CCCN(c4ccc(I)cc4)C3)c2)nc2cnccc12. The lowest BCUT2D eigenvalue weighted by molar-refractivity contribution is 0.373. The average molecular weight is 514 g/mol. The minimum atomic E-state index is -0.259. The van der Waals surface area contributed by atoms with Gasteiger partial charge in [0.1, 0.15) is 0 Å². The number of piperidine rings is 1. The standard InChI is InChI=1S/C21H19IN6O2/c22-14-3-5-15(6-4-14)27-9-1-2-16(12-27)28-13-17(10-24-28)30-21-25-19-11-23-8-7-18(19)20(29)26-21/h3-8,10-11,13,16H,1-2,9,12H2,(H,25,26,29)/t16-/m1/s1. The molecule has 1 aromatic carbocycles. The van der Waals surface area contributed by atoms with Crippen molar-refractivity contribution in [3.05, 3.63) is 69.0 Å². The van der Waals surface area contributed by atoms with E-state index >= 15 is 0 Å². The van der Waals surface area contributed by atoms with E-state index in [-0.39, 0.29) is 17.6 Å². The van der Waals surface area contributed by atoms with E-state index in [1.165, 1.54) is 9.26 Å². The van der Waals surface area contributed by atoms with E-state index in [2.05, 4.69) is 71.8 Å². The predicted molar refractivity (Wildman–Crippen MR) is 122 cm³/mol. The van der Waals surface area contributed by atoms with Crippen LogP contribution in [0.25, 0.3) is 10.9 Å². The van der Waals surface area contributed by atoms with E-state index in [0.29, 0.717) is 16.7 Å². The third kappa shape index (κ3) is 3.89. The maximum absolute atomic E-state index is 12.2. The summed E-state index contributed by atoms with van der Waals surface area (Å²) >= 11 is 2.32. The second kappa shape index (κ2) is 8.05. The van der Waals surface area contributed by atoms with Crippen LogP contribution < -0.4 is 15.2 Å². The molecule has 3 aromatic heterocycles. The molecule has 0 radical (unpaired) electrons. The topological polar surface area (TPSA) is 88.9 Å². The lowest BCUT2D eigenvalue weighted by atomic mass is 10.1. The molecule has 1 aliphatic heterocycles. The van der Waals surface area contributed by atoms with E-state index in [4.69, 9.17) is 4.74 Å². The summed E-state index contributed by atoms with van der Waals surface area (Å²) in [5.74, 6) is 0.535. The smallest absolute Gasteiger partial charge is 0.302 e. The quantitative estimate of drug-likeness (QED) is 0.418. The third-order valence-corrected chi connectivity index (χ3v) is 5.96. The minimum Gasteiger partial charge on any atom is -0.422 e. The Morgan fingerprint density at radius 2 is 2.03 bits per heavy atom. The Kier molecular flexibility index (Phi) is 5.11. The third-order valence-electron chi connectivity index (χ3n) is 5.24. The second-order valence-corrected chi connectivity index (χ2v) is 8.49. The number of ether oxygens (including phenoxy) is 1. The molecule has 1 saturated heterocycles. The largest absolute Gasteiger partial charge is 0.422 e. The molecule has 1 aliphatic rings. The Labute approximate surface area is 186 Å². The Hall–Kier alpha value is -2.95. The highest BCUT2D eigenvalue weighted by molar-refractivity contribution is 14.1. The van der Waals surface area contributed by atoms with Crippen molar-refractivity contribution < 1.29 is 4.74 Å².